The fourth-order valence-corrected chi connectivity index (χ4v) is 6.45. The lowest BCUT2D eigenvalue weighted by Gasteiger charge is -2.27. The van der Waals surface area contributed by atoms with Gasteiger partial charge in [0.15, 0.2) is 0 Å². The Morgan fingerprint density at radius 3 is 1.65 bits per heavy atom. The topological polar surface area (TPSA) is 136 Å². The van der Waals surface area contributed by atoms with E-state index in [1.165, 1.54) is 31.2 Å². The molecule has 1 saturated carbocycles. The summed E-state index contributed by atoms with van der Waals surface area (Å²) in [5.41, 5.74) is -4.08. The molecule has 0 radical (unpaired) electrons. The minimum atomic E-state index is -4.73. The summed E-state index contributed by atoms with van der Waals surface area (Å²) in [5, 5.41) is 30.2. The second-order valence-electron chi connectivity index (χ2n) is 15.9. The summed E-state index contributed by atoms with van der Waals surface area (Å²) in [5.74, 6) is 0.529. The van der Waals surface area contributed by atoms with Crippen LogP contribution in [0.3, 0.4) is 0 Å². The molecule has 0 bridgehead atoms. The number of hydrogen-bond donors (Lipinski definition) is 0. The van der Waals surface area contributed by atoms with E-state index >= 15 is 0 Å². The molecule has 4 rings (SSSR count). The first kappa shape index (κ1) is 55.7. The maximum absolute atomic E-state index is 13.2. The molecular formula is C43H57F9N8O5. The fraction of sp³-hybridized carbons (Fsp3) is 0.558. The number of anilines is 3. The summed E-state index contributed by atoms with van der Waals surface area (Å²) in [6, 6.07) is 11.6. The van der Waals surface area contributed by atoms with Gasteiger partial charge in [-0.05, 0) is 116 Å². The minimum absolute atomic E-state index is 0.116. The average Bonchev–Trinajstić information content (AvgIpc) is 4.05. The molecule has 13 nitrogen and oxygen atoms in total. The van der Waals surface area contributed by atoms with E-state index in [2.05, 4.69) is 9.80 Å². The molecule has 1 aliphatic rings. The lowest BCUT2D eigenvalue weighted by Crippen LogP contribution is -2.30. The third kappa shape index (κ3) is 18.9. The molecule has 0 unspecified atom stereocenters. The van der Waals surface area contributed by atoms with Crippen molar-refractivity contribution >= 4 is 28.4 Å². The highest BCUT2D eigenvalue weighted by atomic mass is 19.4. The number of benzene rings is 3. The van der Waals surface area contributed by atoms with Crippen LogP contribution < -0.4 is 14.7 Å². The predicted octanol–water partition coefficient (Wildman–Crippen LogP) is 10.2. The number of nitriles is 1. The van der Waals surface area contributed by atoms with Gasteiger partial charge in [-0.25, -0.2) is 0 Å². The number of nitro groups is 2. The normalized spacial score (nSPS) is 12.8. The molecule has 0 saturated heterocycles. The number of nitrogens with zero attached hydrogens (tertiary/aromatic N) is 8. The first-order valence-electron chi connectivity index (χ1n) is 20.6. The number of hydrogen-bond acceptors (Lipinski definition) is 11. The number of methoxy groups -OCH3 is 1. The quantitative estimate of drug-likeness (QED) is 0.0609. The van der Waals surface area contributed by atoms with Crippen LogP contribution in [0.5, 0.6) is 0 Å². The van der Waals surface area contributed by atoms with Crippen LogP contribution >= 0.6 is 0 Å². The second-order valence-corrected chi connectivity index (χ2v) is 15.9. The van der Waals surface area contributed by atoms with Crippen molar-refractivity contribution in [3.05, 3.63) is 97.1 Å². The maximum Gasteiger partial charge on any atom is 0.423 e. The largest absolute Gasteiger partial charge is 0.423 e. The number of nitro benzene ring substituents is 2. The van der Waals surface area contributed by atoms with Crippen molar-refractivity contribution < 1.29 is 54.1 Å². The SMILES string of the molecule is CCCN(CC1CC1)c1ccc([N+](=O)[O-])c(C(F)(F)F)c1.CN(C)CCCN(CCCN(C)C)c1ccc(C#N)c(C(F)(F)F)c1.COCCN(C)c1ccc([N+](=O)[O-])cc1C(F)(F)F. The highest BCUT2D eigenvalue weighted by Gasteiger charge is 2.39. The lowest BCUT2D eigenvalue weighted by atomic mass is 10.1. The van der Waals surface area contributed by atoms with E-state index in [4.69, 9.17) is 10.00 Å². The highest BCUT2D eigenvalue weighted by Crippen LogP contribution is 2.41. The molecule has 3 aromatic carbocycles. The fourth-order valence-electron chi connectivity index (χ4n) is 6.45. The van der Waals surface area contributed by atoms with Crippen molar-refractivity contribution in [2.24, 2.45) is 5.92 Å². The van der Waals surface area contributed by atoms with Gasteiger partial charge in [-0.3, -0.25) is 20.2 Å². The molecule has 0 aliphatic heterocycles. The lowest BCUT2D eigenvalue weighted by molar-refractivity contribution is -0.388. The number of alkyl halides is 9. The summed E-state index contributed by atoms with van der Waals surface area (Å²) in [6.07, 6.45) is -9.19. The molecule has 1 aliphatic carbocycles. The molecule has 3 aromatic rings. The van der Waals surface area contributed by atoms with Crippen LogP contribution in [0, 0.1) is 37.5 Å². The predicted molar refractivity (Wildman–Crippen MR) is 231 cm³/mol. The summed E-state index contributed by atoms with van der Waals surface area (Å²) in [7, 11) is 10.8. The number of ether oxygens (including phenoxy) is 1. The first-order valence-corrected chi connectivity index (χ1v) is 20.6. The Balaban J connectivity index is 0.000000338. The number of rotatable bonds is 20. The Labute approximate surface area is 373 Å². The number of non-ortho nitro benzene ring substituents is 1. The van der Waals surface area contributed by atoms with Gasteiger partial charge in [0, 0.05) is 82.1 Å². The van der Waals surface area contributed by atoms with E-state index in [0.717, 1.165) is 75.5 Å². The Morgan fingerprint density at radius 1 is 0.677 bits per heavy atom. The molecule has 0 N–H and O–H groups in total. The van der Waals surface area contributed by atoms with Gasteiger partial charge in [-0.2, -0.15) is 44.8 Å². The van der Waals surface area contributed by atoms with Gasteiger partial charge < -0.3 is 29.2 Å². The van der Waals surface area contributed by atoms with Gasteiger partial charge in [-0.1, -0.05) is 6.92 Å². The van der Waals surface area contributed by atoms with Crippen LogP contribution in [-0.2, 0) is 23.3 Å². The third-order valence-electron chi connectivity index (χ3n) is 9.92. The van der Waals surface area contributed by atoms with Crippen LogP contribution in [0.1, 0.15) is 61.3 Å². The number of halogens is 9. The van der Waals surface area contributed by atoms with Gasteiger partial charge in [0.2, 0.25) is 0 Å². The Morgan fingerprint density at radius 2 is 1.20 bits per heavy atom. The van der Waals surface area contributed by atoms with Crippen molar-refractivity contribution in [3.63, 3.8) is 0 Å². The zero-order valence-electron chi connectivity index (χ0n) is 37.5. The average molecular weight is 937 g/mol. The second kappa shape index (κ2) is 25.3. The maximum atomic E-state index is 13.2. The molecule has 0 atom stereocenters. The smallest absolute Gasteiger partial charge is 0.383 e. The molecular weight excluding hydrogens is 880 g/mol. The van der Waals surface area contributed by atoms with Gasteiger partial charge in [0.25, 0.3) is 11.4 Å². The van der Waals surface area contributed by atoms with E-state index in [-0.39, 0.29) is 24.4 Å². The van der Waals surface area contributed by atoms with E-state index in [1.54, 1.807) is 12.1 Å². The summed E-state index contributed by atoms with van der Waals surface area (Å²) < 4.78 is 122. The van der Waals surface area contributed by atoms with Gasteiger partial charge in [-0.15, -0.1) is 0 Å². The van der Waals surface area contributed by atoms with Gasteiger partial charge in [0.05, 0.1) is 39.2 Å². The van der Waals surface area contributed by atoms with Crippen LogP contribution in [0.25, 0.3) is 0 Å². The molecule has 0 spiro atoms. The third-order valence-corrected chi connectivity index (χ3v) is 9.92. The molecule has 0 aromatic heterocycles. The van der Waals surface area contributed by atoms with Crippen molar-refractivity contribution in [2.75, 3.05) is 109 Å². The van der Waals surface area contributed by atoms with Crippen molar-refractivity contribution in [2.45, 2.75) is 57.6 Å². The minimum Gasteiger partial charge on any atom is -0.383 e. The van der Waals surface area contributed by atoms with E-state index in [9.17, 15) is 59.7 Å². The van der Waals surface area contributed by atoms with Crippen LogP contribution in [0.4, 0.5) is 68.0 Å². The molecule has 22 heteroatoms. The molecule has 65 heavy (non-hydrogen) atoms. The molecule has 0 amide bonds. The summed E-state index contributed by atoms with van der Waals surface area (Å²) in [4.78, 5) is 28.8. The van der Waals surface area contributed by atoms with Crippen molar-refractivity contribution in [1.82, 2.24) is 9.80 Å². The van der Waals surface area contributed by atoms with Crippen LogP contribution in [-0.4, -0.2) is 114 Å². The monoisotopic (exact) mass is 936 g/mol. The van der Waals surface area contributed by atoms with E-state index in [0.29, 0.717) is 49.5 Å². The first-order chi connectivity index (χ1) is 30.2. The van der Waals surface area contributed by atoms with E-state index in [1.807, 2.05) is 44.9 Å². The number of likely N-dealkylation sites (N-methyl/N-ethyl adjacent to an activating group) is 1. The Kier molecular flexibility index (Phi) is 21.7. The summed E-state index contributed by atoms with van der Waals surface area (Å²) >= 11 is 0. The van der Waals surface area contributed by atoms with Crippen molar-refractivity contribution in [1.29, 1.82) is 5.26 Å². The Hall–Kier alpha value is -5.40. The summed E-state index contributed by atoms with van der Waals surface area (Å²) in [6.45, 7) is 6.90. The molecule has 1 fully saturated rings. The van der Waals surface area contributed by atoms with Gasteiger partial charge >= 0.3 is 18.5 Å². The molecule has 362 valence electrons. The highest BCUT2D eigenvalue weighted by molar-refractivity contribution is 5.59. The van der Waals surface area contributed by atoms with Crippen LogP contribution in [0.2, 0.25) is 0 Å². The zero-order chi connectivity index (χ0) is 49.3. The zero-order valence-corrected chi connectivity index (χ0v) is 37.5. The van der Waals surface area contributed by atoms with Crippen molar-refractivity contribution in [3.8, 4) is 6.07 Å². The Bertz CT molecular complexity index is 2010. The van der Waals surface area contributed by atoms with Gasteiger partial charge in [0.1, 0.15) is 5.56 Å². The van der Waals surface area contributed by atoms with E-state index < -0.39 is 56.4 Å². The standard InChI is InChI=1S/C18H27F3N4.C14H17F3N2O2.C11H13F3N2O3/c1-23(2)9-5-11-25(12-6-10-24(3)4)16-8-7-15(14-22)17(13-16)18(19,20)21;1-2-7-18(9-10-3-4-10)11-5-6-13(19(20)21)12(8-11)14(15,16)17;1-15(5-6-19-2)10-4-3-8(16(17)18)7-9(10)11(12,13)14/h7-8,13H,5-6,9-12H2,1-4H3;5-6,8,10H,2-4,7,9H2,1H3;3-4,7H,5-6H2,1-2H3. The van der Waals surface area contributed by atoms with Crippen LogP contribution in [0.15, 0.2) is 54.6 Å². The molecule has 0 heterocycles.